The zero-order chi connectivity index (χ0) is 19.4. The Morgan fingerprint density at radius 3 is 2.37 bits per heavy atom. The molecular formula is C21H35N6+. The molecule has 1 N–H and O–H groups in total. The van der Waals surface area contributed by atoms with Crippen LogP contribution in [-0.2, 0) is 5.54 Å². The van der Waals surface area contributed by atoms with E-state index in [-0.39, 0.29) is 5.54 Å². The molecule has 1 aromatic heterocycles. The molecule has 1 atom stereocenters. The van der Waals surface area contributed by atoms with Gasteiger partial charge in [0.15, 0.2) is 6.04 Å². The zero-order valence-electron chi connectivity index (χ0n) is 17.5. The van der Waals surface area contributed by atoms with Crippen LogP contribution in [0.4, 0.5) is 5.69 Å². The number of rotatable bonds is 7. The van der Waals surface area contributed by atoms with Crippen molar-refractivity contribution < 1.29 is 4.90 Å². The standard InChI is InChI=1S/C21H34N6/c1-6-21(4,5)27-20(22-23-24-27)19(16-17(2)3)26-14-12-25(13-15-26)18-10-8-7-9-11-18/h7-11,17,19H,6,12-16H2,1-5H3/p+1/t19-/m0/s1. The van der Waals surface area contributed by atoms with E-state index in [1.165, 1.54) is 5.69 Å². The van der Waals surface area contributed by atoms with Crippen LogP contribution in [0, 0.1) is 5.92 Å². The van der Waals surface area contributed by atoms with Crippen molar-refractivity contribution in [2.45, 2.75) is 59.0 Å². The van der Waals surface area contributed by atoms with Crippen molar-refractivity contribution in [1.82, 2.24) is 20.2 Å². The van der Waals surface area contributed by atoms with Gasteiger partial charge in [-0.1, -0.05) is 39.0 Å². The van der Waals surface area contributed by atoms with E-state index < -0.39 is 0 Å². The minimum absolute atomic E-state index is 0.0562. The monoisotopic (exact) mass is 371 g/mol. The summed E-state index contributed by atoms with van der Waals surface area (Å²) in [6.07, 6.45) is 2.12. The molecule has 1 aliphatic rings. The number of tetrazole rings is 1. The number of aromatic nitrogens is 4. The predicted molar refractivity (Wildman–Crippen MR) is 109 cm³/mol. The second kappa shape index (κ2) is 8.38. The maximum Gasteiger partial charge on any atom is 0.209 e. The lowest BCUT2D eigenvalue weighted by atomic mass is 9.98. The van der Waals surface area contributed by atoms with Crippen LogP contribution in [0.2, 0.25) is 0 Å². The molecular weight excluding hydrogens is 336 g/mol. The smallest absolute Gasteiger partial charge is 0.209 e. The SMILES string of the molecule is CCC(C)(C)n1nnnc1[C@H](CC(C)C)[NH+]1CCN(c2ccccc2)CC1. The number of quaternary nitrogens is 1. The molecule has 0 saturated carbocycles. The molecule has 1 fully saturated rings. The predicted octanol–water partition coefficient (Wildman–Crippen LogP) is 2.31. The minimum atomic E-state index is -0.0562. The van der Waals surface area contributed by atoms with Crippen LogP contribution in [-0.4, -0.2) is 46.4 Å². The molecule has 0 unspecified atom stereocenters. The van der Waals surface area contributed by atoms with E-state index in [1.54, 1.807) is 4.90 Å². The molecule has 0 radical (unpaired) electrons. The molecule has 27 heavy (non-hydrogen) atoms. The Kier molecular flexibility index (Phi) is 6.15. The van der Waals surface area contributed by atoms with Gasteiger partial charge in [0.2, 0.25) is 5.82 Å². The van der Waals surface area contributed by atoms with Crippen molar-refractivity contribution in [3.05, 3.63) is 36.2 Å². The molecule has 0 amide bonds. The van der Waals surface area contributed by atoms with Crippen molar-refractivity contribution in [3.8, 4) is 0 Å². The van der Waals surface area contributed by atoms with Crippen LogP contribution in [0.25, 0.3) is 0 Å². The van der Waals surface area contributed by atoms with Crippen molar-refractivity contribution in [3.63, 3.8) is 0 Å². The second-order valence-corrected chi connectivity index (χ2v) is 8.78. The molecule has 1 aliphatic heterocycles. The molecule has 0 spiro atoms. The molecule has 0 bridgehead atoms. The number of para-hydroxylation sites is 1. The van der Waals surface area contributed by atoms with Crippen LogP contribution in [0.3, 0.4) is 0 Å². The highest BCUT2D eigenvalue weighted by molar-refractivity contribution is 5.46. The Hall–Kier alpha value is -1.95. The molecule has 148 valence electrons. The second-order valence-electron chi connectivity index (χ2n) is 8.78. The molecule has 1 aromatic carbocycles. The van der Waals surface area contributed by atoms with E-state index in [4.69, 9.17) is 0 Å². The fourth-order valence-corrected chi connectivity index (χ4v) is 3.96. The normalized spacial score (nSPS) is 17.5. The summed E-state index contributed by atoms with van der Waals surface area (Å²) in [7, 11) is 0. The average molecular weight is 372 g/mol. The lowest BCUT2D eigenvalue weighted by molar-refractivity contribution is -0.934. The van der Waals surface area contributed by atoms with Gasteiger partial charge in [0, 0.05) is 12.1 Å². The van der Waals surface area contributed by atoms with Crippen molar-refractivity contribution in [2.75, 3.05) is 31.1 Å². The molecule has 6 nitrogen and oxygen atoms in total. The van der Waals surface area contributed by atoms with Gasteiger partial charge in [-0.15, -0.1) is 5.10 Å². The molecule has 2 aromatic rings. The van der Waals surface area contributed by atoms with Crippen molar-refractivity contribution in [2.24, 2.45) is 5.92 Å². The van der Waals surface area contributed by atoms with Gasteiger partial charge in [0.25, 0.3) is 0 Å². The number of nitrogens with zero attached hydrogens (tertiary/aromatic N) is 5. The summed E-state index contributed by atoms with van der Waals surface area (Å²) in [6.45, 7) is 15.6. The number of benzene rings is 1. The Morgan fingerprint density at radius 2 is 1.78 bits per heavy atom. The highest BCUT2D eigenvalue weighted by atomic mass is 15.6. The Labute approximate surface area is 163 Å². The van der Waals surface area contributed by atoms with Crippen LogP contribution in [0.5, 0.6) is 0 Å². The number of hydrogen-bond donors (Lipinski definition) is 1. The highest BCUT2D eigenvalue weighted by Crippen LogP contribution is 2.24. The van der Waals surface area contributed by atoms with E-state index in [0.717, 1.165) is 44.8 Å². The van der Waals surface area contributed by atoms with Crippen molar-refractivity contribution in [1.29, 1.82) is 0 Å². The molecule has 0 aliphatic carbocycles. The first-order chi connectivity index (χ1) is 12.9. The summed E-state index contributed by atoms with van der Waals surface area (Å²) >= 11 is 0. The van der Waals surface area contributed by atoms with E-state index in [1.807, 2.05) is 0 Å². The molecule has 1 saturated heterocycles. The van der Waals surface area contributed by atoms with Gasteiger partial charge in [-0.05, 0) is 48.7 Å². The largest absolute Gasteiger partial charge is 0.360 e. The summed E-state index contributed by atoms with van der Waals surface area (Å²) in [5.41, 5.74) is 1.27. The Bertz CT molecular complexity index is 700. The fraction of sp³-hybridized carbons (Fsp3) is 0.667. The Balaban J connectivity index is 1.78. The quantitative estimate of drug-likeness (QED) is 0.811. The third-order valence-corrected chi connectivity index (χ3v) is 5.97. The van der Waals surface area contributed by atoms with Gasteiger partial charge in [0.1, 0.15) is 0 Å². The van der Waals surface area contributed by atoms with E-state index in [0.29, 0.717) is 12.0 Å². The van der Waals surface area contributed by atoms with Gasteiger partial charge in [0.05, 0.1) is 31.7 Å². The van der Waals surface area contributed by atoms with Gasteiger partial charge >= 0.3 is 0 Å². The van der Waals surface area contributed by atoms with E-state index in [9.17, 15) is 0 Å². The molecule has 2 heterocycles. The third-order valence-electron chi connectivity index (χ3n) is 5.97. The van der Waals surface area contributed by atoms with E-state index >= 15 is 0 Å². The highest BCUT2D eigenvalue weighted by Gasteiger charge is 2.36. The number of hydrogen-bond acceptors (Lipinski definition) is 4. The number of nitrogens with one attached hydrogen (secondary N) is 1. The van der Waals surface area contributed by atoms with Gasteiger partial charge in [-0.3, -0.25) is 0 Å². The maximum absolute atomic E-state index is 4.50. The first-order valence-electron chi connectivity index (χ1n) is 10.4. The average Bonchev–Trinajstić information content (AvgIpc) is 3.17. The maximum atomic E-state index is 4.50. The van der Waals surface area contributed by atoms with Gasteiger partial charge < -0.3 is 9.80 Å². The van der Waals surface area contributed by atoms with Crippen LogP contribution in [0.1, 0.15) is 59.3 Å². The molecule has 3 rings (SSSR count). The first kappa shape index (κ1) is 19.8. The first-order valence-corrected chi connectivity index (χ1v) is 10.4. The fourth-order valence-electron chi connectivity index (χ4n) is 3.96. The van der Waals surface area contributed by atoms with Crippen LogP contribution < -0.4 is 9.80 Å². The molecule has 6 heteroatoms. The summed E-state index contributed by atoms with van der Waals surface area (Å²) in [5, 5.41) is 12.9. The lowest BCUT2D eigenvalue weighted by Crippen LogP contribution is -3.15. The summed E-state index contributed by atoms with van der Waals surface area (Å²) < 4.78 is 2.08. The van der Waals surface area contributed by atoms with Gasteiger partial charge in [-0.2, -0.15) is 0 Å². The summed E-state index contributed by atoms with van der Waals surface area (Å²) in [4.78, 5) is 4.10. The zero-order valence-corrected chi connectivity index (χ0v) is 17.5. The van der Waals surface area contributed by atoms with Gasteiger partial charge in [-0.25, -0.2) is 4.68 Å². The number of piperazine rings is 1. The minimum Gasteiger partial charge on any atom is -0.360 e. The van der Waals surface area contributed by atoms with Crippen molar-refractivity contribution >= 4 is 5.69 Å². The lowest BCUT2D eigenvalue weighted by Gasteiger charge is -2.38. The van der Waals surface area contributed by atoms with E-state index in [2.05, 4.69) is 90.1 Å². The third kappa shape index (κ3) is 4.49. The number of anilines is 1. The summed E-state index contributed by atoms with van der Waals surface area (Å²) in [6, 6.07) is 11.1. The van der Waals surface area contributed by atoms with Crippen LogP contribution in [0.15, 0.2) is 30.3 Å². The summed E-state index contributed by atoms with van der Waals surface area (Å²) in [5.74, 6) is 1.67. The Morgan fingerprint density at radius 1 is 1.11 bits per heavy atom. The van der Waals surface area contributed by atoms with Crippen LogP contribution >= 0.6 is 0 Å². The topological polar surface area (TPSA) is 51.3 Å².